The molecule has 0 spiro atoms. The SMILES string of the molecule is NCc1cc(Br)cc(Cl)c1[N+](=O)[O-]. The second-order valence-electron chi connectivity index (χ2n) is 2.36. The second-order valence-corrected chi connectivity index (χ2v) is 3.68. The summed E-state index contributed by atoms with van der Waals surface area (Å²) in [4.78, 5) is 10.0. The molecule has 70 valence electrons. The highest BCUT2D eigenvalue weighted by atomic mass is 79.9. The zero-order valence-corrected chi connectivity index (χ0v) is 8.80. The van der Waals surface area contributed by atoms with Gasteiger partial charge in [-0.1, -0.05) is 27.5 Å². The second kappa shape index (κ2) is 4.04. The molecule has 0 atom stereocenters. The summed E-state index contributed by atoms with van der Waals surface area (Å²) in [5.74, 6) is 0. The molecule has 0 aliphatic rings. The molecule has 0 heterocycles. The summed E-state index contributed by atoms with van der Waals surface area (Å²) in [6, 6.07) is 3.06. The molecule has 0 aromatic heterocycles. The van der Waals surface area contributed by atoms with Crippen LogP contribution in [0.5, 0.6) is 0 Å². The largest absolute Gasteiger partial charge is 0.326 e. The van der Waals surface area contributed by atoms with Crippen LogP contribution in [0.4, 0.5) is 5.69 Å². The summed E-state index contributed by atoms with van der Waals surface area (Å²) < 4.78 is 0.684. The van der Waals surface area contributed by atoms with Crippen molar-refractivity contribution >= 4 is 33.2 Å². The van der Waals surface area contributed by atoms with Crippen molar-refractivity contribution in [3.63, 3.8) is 0 Å². The Morgan fingerprint density at radius 3 is 2.69 bits per heavy atom. The first-order valence-corrected chi connectivity index (χ1v) is 4.55. The van der Waals surface area contributed by atoms with Gasteiger partial charge in [-0.25, -0.2) is 0 Å². The molecule has 1 rings (SSSR count). The van der Waals surface area contributed by atoms with Crippen molar-refractivity contribution in [3.8, 4) is 0 Å². The van der Waals surface area contributed by atoms with E-state index >= 15 is 0 Å². The molecule has 6 heteroatoms. The molecule has 0 aliphatic heterocycles. The number of halogens is 2. The molecule has 1 aromatic carbocycles. The number of hydrogen-bond acceptors (Lipinski definition) is 3. The van der Waals surface area contributed by atoms with Crippen LogP contribution >= 0.6 is 27.5 Å². The van der Waals surface area contributed by atoms with E-state index in [9.17, 15) is 10.1 Å². The van der Waals surface area contributed by atoms with Gasteiger partial charge in [0.15, 0.2) is 0 Å². The minimum Gasteiger partial charge on any atom is -0.326 e. The van der Waals surface area contributed by atoms with E-state index in [2.05, 4.69) is 15.9 Å². The van der Waals surface area contributed by atoms with Gasteiger partial charge in [-0.15, -0.1) is 0 Å². The third-order valence-electron chi connectivity index (χ3n) is 1.51. The van der Waals surface area contributed by atoms with Crippen LogP contribution in [0.15, 0.2) is 16.6 Å². The molecule has 0 bridgehead atoms. The third-order valence-corrected chi connectivity index (χ3v) is 2.26. The first-order chi connectivity index (χ1) is 6.06. The first kappa shape index (κ1) is 10.4. The summed E-state index contributed by atoms with van der Waals surface area (Å²) in [6.07, 6.45) is 0. The molecule has 1 aromatic rings. The van der Waals surface area contributed by atoms with E-state index in [1.807, 2.05) is 0 Å². The molecule has 2 N–H and O–H groups in total. The Morgan fingerprint density at radius 1 is 1.62 bits per heavy atom. The number of nitrogens with two attached hydrogens (primary N) is 1. The molecule has 0 saturated carbocycles. The van der Waals surface area contributed by atoms with E-state index in [1.54, 1.807) is 6.07 Å². The van der Waals surface area contributed by atoms with Crippen LogP contribution in [-0.4, -0.2) is 4.92 Å². The highest BCUT2D eigenvalue weighted by molar-refractivity contribution is 9.10. The van der Waals surface area contributed by atoms with Gasteiger partial charge in [0.25, 0.3) is 5.69 Å². The van der Waals surface area contributed by atoms with Crippen LogP contribution in [0.2, 0.25) is 5.02 Å². The van der Waals surface area contributed by atoms with Crippen molar-refractivity contribution in [3.05, 3.63) is 37.3 Å². The number of nitro benzene ring substituents is 1. The Labute approximate surface area is 88.0 Å². The van der Waals surface area contributed by atoms with E-state index in [-0.39, 0.29) is 17.3 Å². The number of rotatable bonds is 2. The van der Waals surface area contributed by atoms with Crippen LogP contribution in [0.1, 0.15) is 5.56 Å². The summed E-state index contributed by atoms with van der Waals surface area (Å²) in [5, 5.41) is 10.7. The Morgan fingerprint density at radius 2 is 2.23 bits per heavy atom. The van der Waals surface area contributed by atoms with E-state index in [0.717, 1.165) is 0 Å². The van der Waals surface area contributed by atoms with Crippen LogP contribution < -0.4 is 5.73 Å². The lowest BCUT2D eigenvalue weighted by Crippen LogP contribution is -2.02. The van der Waals surface area contributed by atoms with Gasteiger partial charge in [-0.2, -0.15) is 0 Å². The average molecular weight is 265 g/mol. The Balaban J connectivity index is 3.38. The normalized spacial score (nSPS) is 10.1. The van der Waals surface area contributed by atoms with Gasteiger partial charge < -0.3 is 5.73 Å². The van der Waals surface area contributed by atoms with Gasteiger partial charge in [0.05, 0.1) is 4.92 Å². The van der Waals surface area contributed by atoms with Crippen molar-refractivity contribution in [1.82, 2.24) is 0 Å². The van der Waals surface area contributed by atoms with Crippen LogP contribution in [0.3, 0.4) is 0 Å². The molecule has 0 unspecified atom stereocenters. The van der Waals surface area contributed by atoms with Crippen molar-refractivity contribution in [2.24, 2.45) is 5.73 Å². The fraction of sp³-hybridized carbons (Fsp3) is 0.143. The number of hydrogen-bond donors (Lipinski definition) is 1. The summed E-state index contributed by atoms with van der Waals surface area (Å²) >= 11 is 8.86. The predicted molar refractivity (Wildman–Crippen MR) is 53.7 cm³/mol. The summed E-state index contributed by atoms with van der Waals surface area (Å²) in [6.45, 7) is 0.0927. The minimum absolute atomic E-state index is 0.0927. The fourth-order valence-corrected chi connectivity index (χ4v) is 1.92. The van der Waals surface area contributed by atoms with Gasteiger partial charge in [-0.05, 0) is 12.1 Å². The Hall–Kier alpha value is -0.650. The molecule has 0 saturated heterocycles. The topological polar surface area (TPSA) is 69.2 Å². The summed E-state index contributed by atoms with van der Waals surface area (Å²) in [7, 11) is 0. The van der Waals surface area contributed by atoms with Gasteiger partial charge in [0, 0.05) is 16.6 Å². The van der Waals surface area contributed by atoms with Crippen molar-refractivity contribution in [1.29, 1.82) is 0 Å². The molecule has 0 radical (unpaired) electrons. The maximum atomic E-state index is 10.6. The van der Waals surface area contributed by atoms with Crippen molar-refractivity contribution in [2.75, 3.05) is 0 Å². The molecule has 4 nitrogen and oxygen atoms in total. The van der Waals surface area contributed by atoms with E-state index < -0.39 is 4.92 Å². The lowest BCUT2D eigenvalue weighted by Gasteiger charge is -2.02. The zero-order valence-electron chi connectivity index (χ0n) is 6.46. The highest BCUT2D eigenvalue weighted by Crippen LogP contribution is 2.31. The molecule has 0 amide bonds. The fourth-order valence-electron chi connectivity index (χ4n) is 0.979. The zero-order chi connectivity index (χ0) is 10.0. The van der Waals surface area contributed by atoms with Gasteiger partial charge in [-0.3, -0.25) is 10.1 Å². The molecule has 13 heavy (non-hydrogen) atoms. The average Bonchev–Trinajstić information content (AvgIpc) is 2.01. The Bertz CT molecular complexity index is 357. The highest BCUT2D eigenvalue weighted by Gasteiger charge is 2.18. The number of nitrogens with zero attached hydrogens (tertiary/aromatic N) is 1. The molecular formula is C7H6BrClN2O2. The molecule has 0 aliphatic carbocycles. The maximum Gasteiger partial charge on any atom is 0.292 e. The van der Waals surface area contributed by atoms with Crippen molar-refractivity contribution in [2.45, 2.75) is 6.54 Å². The van der Waals surface area contributed by atoms with E-state index in [4.69, 9.17) is 17.3 Å². The monoisotopic (exact) mass is 264 g/mol. The van der Waals surface area contributed by atoms with Crippen LogP contribution in [0.25, 0.3) is 0 Å². The van der Waals surface area contributed by atoms with Gasteiger partial charge in [0.1, 0.15) is 5.02 Å². The molecule has 0 fully saturated rings. The quantitative estimate of drug-likeness (QED) is 0.659. The lowest BCUT2D eigenvalue weighted by atomic mass is 10.2. The predicted octanol–water partition coefficient (Wildman–Crippen LogP) is 2.47. The van der Waals surface area contributed by atoms with E-state index in [1.165, 1.54) is 6.07 Å². The van der Waals surface area contributed by atoms with Gasteiger partial charge in [0.2, 0.25) is 0 Å². The first-order valence-electron chi connectivity index (χ1n) is 3.38. The van der Waals surface area contributed by atoms with Crippen LogP contribution in [-0.2, 0) is 6.54 Å². The standard InChI is InChI=1S/C7H6BrClN2O2/c8-5-1-4(3-10)7(11(12)13)6(9)2-5/h1-2H,3,10H2. The van der Waals surface area contributed by atoms with Gasteiger partial charge >= 0.3 is 0 Å². The Kier molecular flexibility index (Phi) is 3.24. The number of nitro groups is 1. The number of benzene rings is 1. The summed E-state index contributed by atoms with van der Waals surface area (Å²) in [5.41, 5.74) is 5.64. The maximum absolute atomic E-state index is 10.6. The van der Waals surface area contributed by atoms with Crippen molar-refractivity contribution < 1.29 is 4.92 Å². The smallest absolute Gasteiger partial charge is 0.292 e. The van der Waals surface area contributed by atoms with E-state index in [0.29, 0.717) is 10.0 Å². The lowest BCUT2D eigenvalue weighted by molar-refractivity contribution is -0.385. The van der Waals surface area contributed by atoms with Crippen LogP contribution in [0, 0.1) is 10.1 Å². The molecular weight excluding hydrogens is 259 g/mol. The minimum atomic E-state index is -0.531. The third kappa shape index (κ3) is 2.18.